The van der Waals surface area contributed by atoms with E-state index in [1.165, 1.54) is 6.92 Å². The molecule has 6 fully saturated rings. The molecule has 12 atom stereocenters. The van der Waals surface area contributed by atoms with Crippen LogP contribution in [0.5, 0.6) is 0 Å². The highest BCUT2D eigenvalue weighted by atomic mass is 16.6. The van der Waals surface area contributed by atoms with Gasteiger partial charge in [-0.05, 0) is 106 Å². The quantitative estimate of drug-likeness (QED) is 0.295. The summed E-state index contributed by atoms with van der Waals surface area (Å²) in [5, 5.41) is 29.8. The number of alkyl carbamates (subject to hydrolysis) is 1. The predicted octanol–water partition coefficient (Wildman–Crippen LogP) is 5.35. The normalized spacial score (nSPS) is 46.1. The molecule has 6 aliphatic rings. The van der Waals surface area contributed by atoms with Gasteiger partial charge >= 0.3 is 12.1 Å². The lowest BCUT2D eigenvalue weighted by Crippen LogP contribution is -2.60. The van der Waals surface area contributed by atoms with Crippen LogP contribution in [0.25, 0.3) is 0 Å². The molecule has 2 bridgehead atoms. The molecule has 2 aliphatic heterocycles. The fourth-order valence-corrected chi connectivity index (χ4v) is 12.1. The van der Waals surface area contributed by atoms with Crippen LogP contribution in [0.15, 0.2) is 0 Å². The molecule has 0 radical (unpaired) electrons. The van der Waals surface area contributed by atoms with Crippen molar-refractivity contribution in [2.75, 3.05) is 13.1 Å². The van der Waals surface area contributed by atoms with Crippen molar-refractivity contribution >= 4 is 12.1 Å². The number of nitrogens with one attached hydrogen (secondary N) is 2. The van der Waals surface area contributed by atoms with E-state index in [2.05, 4.69) is 45.3 Å². The van der Waals surface area contributed by atoms with Gasteiger partial charge < -0.3 is 35.1 Å². The molecule has 0 aromatic carbocycles. The maximum atomic E-state index is 12.9. The largest absolute Gasteiger partial charge is 0.457 e. The number of amides is 1. The van der Waals surface area contributed by atoms with E-state index in [0.29, 0.717) is 18.3 Å². The Morgan fingerprint density at radius 2 is 1.76 bits per heavy atom. The molecule has 6 rings (SSSR count). The number of rotatable bonds is 5. The Hall–Kier alpha value is -1.42. The van der Waals surface area contributed by atoms with Gasteiger partial charge in [-0.25, -0.2) is 4.79 Å². The summed E-state index contributed by atoms with van der Waals surface area (Å²) in [6.45, 7) is 18.0. The van der Waals surface area contributed by atoms with E-state index in [1.54, 1.807) is 13.8 Å². The number of esters is 1. The van der Waals surface area contributed by atoms with Crippen LogP contribution in [-0.2, 0) is 19.0 Å². The van der Waals surface area contributed by atoms with Gasteiger partial charge in [0.25, 0.3) is 0 Å². The number of fused-ring (bicyclic) bond motifs is 5. The zero-order chi connectivity index (χ0) is 33.4. The molecule has 9 heteroatoms. The van der Waals surface area contributed by atoms with Gasteiger partial charge in [-0.15, -0.1) is 0 Å². The first kappa shape index (κ1) is 34.4. The minimum Gasteiger partial charge on any atom is -0.457 e. The first-order valence-electron chi connectivity index (χ1n) is 18.3. The Morgan fingerprint density at radius 3 is 2.39 bits per heavy atom. The SMILES string of the molecule is CC(=O)OC(C1CC(C)C2C(O1)C(O)C1(C)C3CCC4CC3(CCCCC(OC(=O)NC3CNC3)C4(C)C)CCC21C)C(C)(C)O. The van der Waals surface area contributed by atoms with Gasteiger partial charge in [-0.1, -0.05) is 41.0 Å². The van der Waals surface area contributed by atoms with Gasteiger partial charge in [-0.2, -0.15) is 0 Å². The van der Waals surface area contributed by atoms with Gasteiger partial charge in [0.2, 0.25) is 0 Å². The summed E-state index contributed by atoms with van der Waals surface area (Å²) in [4.78, 5) is 25.0. The third kappa shape index (κ3) is 5.42. The summed E-state index contributed by atoms with van der Waals surface area (Å²) in [6.07, 6.45) is 7.61. The van der Waals surface area contributed by atoms with Gasteiger partial charge in [0.15, 0.2) is 6.10 Å². The summed E-state index contributed by atoms with van der Waals surface area (Å²) in [5.74, 6) is 0.806. The molecule has 262 valence electrons. The maximum absolute atomic E-state index is 12.9. The molecule has 2 saturated heterocycles. The molecule has 12 unspecified atom stereocenters. The number of ether oxygens (including phenoxy) is 3. The van der Waals surface area contributed by atoms with Crippen molar-refractivity contribution in [1.29, 1.82) is 0 Å². The van der Waals surface area contributed by atoms with E-state index in [0.717, 1.165) is 70.9 Å². The van der Waals surface area contributed by atoms with Crippen LogP contribution in [0.1, 0.15) is 120 Å². The minimum atomic E-state index is -1.27. The fourth-order valence-electron chi connectivity index (χ4n) is 12.1. The van der Waals surface area contributed by atoms with E-state index < -0.39 is 29.9 Å². The highest BCUT2D eigenvalue weighted by Crippen LogP contribution is 2.76. The minimum absolute atomic E-state index is 0.0933. The molecular formula is C37H62N2O7. The summed E-state index contributed by atoms with van der Waals surface area (Å²) < 4.78 is 18.7. The standard InChI is InChI=1S/C37H62N2O7/c1-21-17-25(31(34(5,6)43)44-22(2)40)45-29-28(21)35(7)15-16-37-14-10-9-11-27(46-32(42)39-24-19-38-20-24)33(3,4)23(18-37)12-13-26(37)36(35,8)30(29)41/h21,23-31,38,41,43H,9-20H2,1-8H3,(H,39,42). The monoisotopic (exact) mass is 646 g/mol. The molecule has 4 N–H and O–H groups in total. The third-order valence-electron chi connectivity index (χ3n) is 14.8. The van der Waals surface area contributed by atoms with Gasteiger partial charge in [0.1, 0.15) is 6.10 Å². The Kier molecular flexibility index (Phi) is 8.89. The Balaban J connectivity index is 1.26. The van der Waals surface area contributed by atoms with E-state index in [9.17, 15) is 19.8 Å². The van der Waals surface area contributed by atoms with Crippen molar-refractivity contribution in [3.8, 4) is 0 Å². The molecule has 0 aromatic rings. The number of hydrogen-bond donors (Lipinski definition) is 4. The van der Waals surface area contributed by atoms with Crippen LogP contribution in [0.2, 0.25) is 0 Å². The smallest absolute Gasteiger partial charge is 0.407 e. The molecule has 1 spiro atoms. The van der Waals surface area contributed by atoms with E-state index in [4.69, 9.17) is 14.2 Å². The molecule has 0 aromatic heterocycles. The lowest BCUT2D eigenvalue weighted by Gasteiger charge is -2.65. The van der Waals surface area contributed by atoms with Crippen LogP contribution in [0.4, 0.5) is 4.79 Å². The first-order valence-corrected chi connectivity index (χ1v) is 18.3. The fraction of sp³-hybridized carbons (Fsp3) is 0.946. The second kappa shape index (κ2) is 11.9. The molecule has 2 heterocycles. The second-order valence-electron chi connectivity index (χ2n) is 18.1. The Labute approximate surface area is 276 Å². The summed E-state index contributed by atoms with van der Waals surface area (Å²) in [5.41, 5.74) is -1.70. The summed E-state index contributed by atoms with van der Waals surface area (Å²) in [7, 11) is 0. The van der Waals surface area contributed by atoms with E-state index in [-0.39, 0.29) is 57.8 Å². The average molecular weight is 647 g/mol. The zero-order valence-corrected chi connectivity index (χ0v) is 29.7. The van der Waals surface area contributed by atoms with Crippen molar-refractivity contribution < 1.29 is 34.0 Å². The van der Waals surface area contributed by atoms with E-state index >= 15 is 0 Å². The van der Waals surface area contributed by atoms with Gasteiger partial charge in [0, 0.05) is 30.8 Å². The predicted molar refractivity (Wildman–Crippen MR) is 175 cm³/mol. The highest BCUT2D eigenvalue weighted by Gasteiger charge is 2.74. The molecular weight excluding hydrogens is 584 g/mol. The van der Waals surface area contributed by atoms with Crippen LogP contribution in [0, 0.1) is 45.3 Å². The first-order chi connectivity index (χ1) is 21.4. The third-order valence-corrected chi connectivity index (χ3v) is 14.8. The maximum Gasteiger partial charge on any atom is 0.407 e. The second-order valence-corrected chi connectivity index (χ2v) is 18.1. The van der Waals surface area contributed by atoms with Gasteiger partial charge in [-0.3, -0.25) is 4.79 Å². The van der Waals surface area contributed by atoms with Crippen molar-refractivity contribution in [1.82, 2.24) is 10.6 Å². The van der Waals surface area contributed by atoms with Crippen molar-refractivity contribution in [2.45, 2.75) is 162 Å². The molecule has 46 heavy (non-hydrogen) atoms. The van der Waals surface area contributed by atoms with Crippen LogP contribution >= 0.6 is 0 Å². The lowest BCUT2D eigenvalue weighted by atomic mass is 9.39. The van der Waals surface area contributed by atoms with Crippen LogP contribution in [-0.4, -0.2) is 77.5 Å². The van der Waals surface area contributed by atoms with Crippen LogP contribution < -0.4 is 10.6 Å². The van der Waals surface area contributed by atoms with Crippen molar-refractivity contribution in [3.05, 3.63) is 0 Å². The van der Waals surface area contributed by atoms with Crippen molar-refractivity contribution in [2.24, 2.45) is 45.3 Å². The van der Waals surface area contributed by atoms with E-state index in [1.807, 2.05) is 0 Å². The number of carbonyl (C=O) groups excluding carboxylic acids is 2. The molecule has 4 aliphatic carbocycles. The average Bonchev–Trinajstić information content (AvgIpc) is 3.14. The number of carbonyl (C=O) groups is 2. The topological polar surface area (TPSA) is 126 Å². The van der Waals surface area contributed by atoms with Crippen LogP contribution in [0.3, 0.4) is 0 Å². The summed E-state index contributed by atoms with van der Waals surface area (Å²) >= 11 is 0. The van der Waals surface area contributed by atoms with Crippen molar-refractivity contribution in [3.63, 3.8) is 0 Å². The molecule has 1 amide bonds. The number of hydrogen-bond acceptors (Lipinski definition) is 8. The highest BCUT2D eigenvalue weighted by molar-refractivity contribution is 5.68. The lowest BCUT2D eigenvalue weighted by molar-refractivity contribution is -0.216. The Morgan fingerprint density at radius 1 is 1.04 bits per heavy atom. The zero-order valence-electron chi connectivity index (χ0n) is 29.7. The number of aliphatic hydroxyl groups excluding tert-OH is 1. The summed E-state index contributed by atoms with van der Waals surface area (Å²) in [6, 6.07) is 0.161. The Bertz CT molecular complexity index is 1170. The molecule has 9 nitrogen and oxygen atoms in total. The number of aliphatic hydroxyl groups is 2. The molecule has 4 saturated carbocycles. The van der Waals surface area contributed by atoms with Gasteiger partial charge in [0.05, 0.1) is 30.0 Å².